The van der Waals surface area contributed by atoms with Crippen LogP contribution in [0.5, 0.6) is 5.75 Å². The number of ether oxygens (including phenoxy) is 1. The van der Waals surface area contributed by atoms with E-state index in [0.29, 0.717) is 34.0 Å². The quantitative estimate of drug-likeness (QED) is 0.580. The second-order valence-electron chi connectivity index (χ2n) is 7.90. The highest BCUT2D eigenvalue weighted by Crippen LogP contribution is 2.30. The number of nitrogens with zero attached hydrogens (tertiary/aromatic N) is 4. The molecule has 1 aliphatic rings. The van der Waals surface area contributed by atoms with Crippen LogP contribution in [0, 0.1) is 5.92 Å². The minimum absolute atomic E-state index is 0.0589. The molecule has 3 heterocycles. The number of halogens is 3. The number of carboxylic acid groups (broad SMARTS) is 1. The van der Waals surface area contributed by atoms with Crippen LogP contribution < -0.4 is 4.74 Å². The number of fused-ring (bicyclic) bond motifs is 2. The molecule has 8 nitrogen and oxygen atoms in total. The number of carbonyl (C=O) groups is 2. The van der Waals surface area contributed by atoms with E-state index in [0.717, 1.165) is 5.69 Å². The number of hydrogen-bond acceptors (Lipinski definition) is 5. The Morgan fingerprint density at radius 1 is 1.27 bits per heavy atom. The fraction of sp³-hybridized carbons (Fsp3) is 0.364. The number of carbonyl (C=O) groups excluding carboxylic acids is 1. The summed E-state index contributed by atoms with van der Waals surface area (Å²) < 4.78 is 46.7. The number of aliphatic carboxylic acids is 1. The third-order valence-electron chi connectivity index (χ3n) is 5.37. The van der Waals surface area contributed by atoms with Gasteiger partial charge in [0.1, 0.15) is 12.3 Å². The predicted molar refractivity (Wildman–Crippen MR) is 110 cm³/mol. The zero-order chi connectivity index (χ0) is 23.6. The van der Waals surface area contributed by atoms with Crippen molar-refractivity contribution in [3.8, 4) is 5.75 Å². The van der Waals surface area contributed by atoms with Crippen molar-refractivity contribution in [1.29, 1.82) is 0 Å². The molecule has 0 saturated heterocycles. The maximum absolute atomic E-state index is 13.0. The molecule has 2 aromatic heterocycles. The first kappa shape index (κ1) is 22.6. The van der Waals surface area contributed by atoms with Crippen LogP contribution in [-0.4, -0.2) is 55.6 Å². The molecule has 1 unspecified atom stereocenters. The van der Waals surface area contributed by atoms with E-state index in [2.05, 4.69) is 9.97 Å². The van der Waals surface area contributed by atoms with Gasteiger partial charge in [-0.3, -0.25) is 14.0 Å². The molecule has 0 aliphatic carbocycles. The third-order valence-corrected chi connectivity index (χ3v) is 5.37. The van der Waals surface area contributed by atoms with Crippen molar-refractivity contribution in [3.05, 3.63) is 59.7 Å². The summed E-state index contributed by atoms with van der Waals surface area (Å²) in [5, 5.41) is 9.10. The summed E-state index contributed by atoms with van der Waals surface area (Å²) in [6.45, 7) is -1.41. The SMILES string of the molecule is O=C(O)CC1Cc2ccc(OCCc3cn4cccnc4n3)cc2CN(CC(F)(F)F)C1=O. The Morgan fingerprint density at radius 3 is 2.82 bits per heavy atom. The molecule has 174 valence electrons. The minimum Gasteiger partial charge on any atom is -0.493 e. The van der Waals surface area contributed by atoms with Crippen LogP contribution in [0.1, 0.15) is 23.2 Å². The molecule has 1 amide bonds. The summed E-state index contributed by atoms with van der Waals surface area (Å²) in [4.78, 5) is 33.0. The largest absolute Gasteiger partial charge is 0.493 e. The monoisotopic (exact) mass is 462 g/mol. The number of amides is 1. The molecule has 11 heteroatoms. The van der Waals surface area contributed by atoms with Gasteiger partial charge in [0.2, 0.25) is 11.7 Å². The normalized spacial score (nSPS) is 16.5. The van der Waals surface area contributed by atoms with Crippen molar-refractivity contribution in [2.24, 2.45) is 5.92 Å². The molecule has 0 fully saturated rings. The van der Waals surface area contributed by atoms with Crippen molar-refractivity contribution in [2.45, 2.75) is 32.0 Å². The van der Waals surface area contributed by atoms with Gasteiger partial charge in [-0.05, 0) is 35.7 Å². The molecule has 4 rings (SSSR count). The molecule has 1 aromatic carbocycles. The Hall–Kier alpha value is -3.63. The van der Waals surface area contributed by atoms with Gasteiger partial charge in [-0.2, -0.15) is 13.2 Å². The van der Waals surface area contributed by atoms with Gasteiger partial charge in [-0.15, -0.1) is 0 Å². The second-order valence-corrected chi connectivity index (χ2v) is 7.90. The van der Waals surface area contributed by atoms with Gasteiger partial charge in [-0.25, -0.2) is 9.97 Å². The Kier molecular flexibility index (Phi) is 6.21. The van der Waals surface area contributed by atoms with Crippen molar-refractivity contribution < 1.29 is 32.6 Å². The molecule has 0 spiro atoms. The second kappa shape index (κ2) is 9.08. The Bertz CT molecular complexity index is 1140. The van der Waals surface area contributed by atoms with E-state index in [-0.39, 0.29) is 19.6 Å². The number of hydrogen-bond donors (Lipinski definition) is 1. The lowest BCUT2D eigenvalue weighted by molar-refractivity contribution is -0.165. The van der Waals surface area contributed by atoms with Crippen LogP contribution in [-0.2, 0) is 29.0 Å². The van der Waals surface area contributed by atoms with Gasteiger partial charge < -0.3 is 14.7 Å². The summed E-state index contributed by atoms with van der Waals surface area (Å²) in [5.74, 6) is -2.07. The molecular formula is C22H21F3N4O4. The van der Waals surface area contributed by atoms with E-state index in [1.165, 1.54) is 0 Å². The fourth-order valence-electron chi connectivity index (χ4n) is 3.93. The van der Waals surface area contributed by atoms with E-state index in [4.69, 9.17) is 9.84 Å². The van der Waals surface area contributed by atoms with E-state index in [1.807, 2.05) is 12.4 Å². The summed E-state index contributed by atoms with van der Waals surface area (Å²) in [6, 6.07) is 6.75. The number of rotatable bonds is 7. The molecular weight excluding hydrogens is 441 g/mol. The number of imidazole rings is 1. The summed E-state index contributed by atoms with van der Waals surface area (Å²) in [7, 11) is 0. The molecule has 33 heavy (non-hydrogen) atoms. The maximum atomic E-state index is 13.0. The number of carboxylic acids is 1. The average Bonchev–Trinajstić information content (AvgIpc) is 3.10. The van der Waals surface area contributed by atoms with Crippen LogP contribution in [0.2, 0.25) is 0 Å². The first-order chi connectivity index (χ1) is 15.7. The highest BCUT2D eigenvalue weighted by Gasteiger charge is 2.38. The minimum atomic E-state index is -4.59. The Balaban J connectivity index is 1.48. The predicted octanol–water partition coefficient (Wildman–Crippen LogP) is 2.89. The standard InChI is InChI=1S/C22H21F3N4O4/c23-22(24,25)13-29-11-16-9-18(3-2-14(16)8-15(20(29)32)10-19(30)31)33-7-4-17-12-28-6-1-5-26-21(28)27-17/h1-3,5-6,9,12,15H,4,7-8,10-11,13H2,(H,30,31). The van der Waals surface area contributed by atoms with E-state index >= 15 is 0 Å². The van der Waals surface area contributed by atoms with Crippen LogP contribution in [0.25, 0.3) is 5.78 Å². The molecule has 0 bridgehead atoms. The highest BCUT2D eigenvalue weighted by atomic mass is 19.4. The van der Waals surface area contributed by atoms with Gasteiger partial charge in [0.25, 0.3) is 0 Å². The number of alkyl halides is 3. The molecule has 1 N–H and O–H groups in total. The smallest absolute Gasteiger partial charge is 0.406 e. The van der Waals surface area contributed by atoms with Crippen molar-refractivity contribution >= 4 is 17.7 Å². The van der Waals surface area contributed by atoms with Crippen molar-refractivity contribution in [2.75, 3.05) is 13.2 Å². The van der Waals surface area contributed by atoms with Crippen molar-refractivity contribution in [1.82, 2.24) is 19.3 Å². The summed E-state index contributed by atoms with van der Waals surface area (Å²) in [5.41, 5.74) is 1.93. The lowest BCUT2D eigenvalue weighted by Crippen LogP contribution is -2.41. The first-order valence-electron chi connectivity index (χ1n) is 10.3. The van der Waals surface area contributed by atoms with Crippen LogP contribution in [0.4, 0.5) is 13.2 Å². The molecule has 0 saturated carbocycles. The van der Waals surface area contributed by atoms with E-state index in [1.54, 1.807) is 34.9 Å². The first-order valence-corrected chi connectivity index (χ1v) is 10.3. The van der Waals surface area contributed by atoms with Crippen LogP contribution in [0.15, 0.2) is 42.9 Å². The van der Waals surface area contributed by atoms with Gasteiger partial charge in [0.15, 0.2) is 0 Å². The Morgan fingerprint density at radius 2 is 2.09 bits per heavy atom. The van der Waals surface area contributed by atoms with Crippen LogP contribution >= 0.6 is 0 Å². The highest BCUT2D eigenvalue weighted by molar-refractivity contribution is 5.84. The molecule has 1 atom stereocenters. The lowest BCUT2D eigenvalue weighted by atomic mass is 9.94. The molecule has 0 radical (unpaired) electrons. The average molecular weight is 462 g/mol. The zero-order valence-electron chi connectivity index (χ0n) is 17.5. The van der Waals surface area contributed by atoms with Crippen molar-refractivity contribution in [3.63, 3.8) is 0 Å². The Labute approximate surface area is 186 Å². The molecule has 3 aromatic rings. The molecule has 1 aliphatic heterocycles. The number of aromatic nitrogens is 3. The maximum Gasteiger partial charge on any atom is 0.406 e. The van der Waals surface area contributed by atoms with Gasteiger partial charge >= 0.3 is 12.1 Å². The third kappa shape index (κ3) is 5.60. The summed E-state index contributed by atoms with van der Waals surface area (Å²) in [6.07, 6.45) is 0.753. The van der Waals surface area contributed by atoms with Gasteiger partial charge in [0, 0.05) is 31.6 Å². The zero-order valence-corrected chi connectivity index (χ0v) is 17.5. The number of benzene rings is 1. The van der Waals surface area contributed by atoms with Gasteiger partial charge in [-0.1, -0.05) is 6.07 Å². The van der Waals surface area contributed by atoms with Gasteiger partial charge in [0.05, 0.1) is 24.6 Å². The lowest BCUT2D eigenvalue weighted by Gasteiger charge is -2.25. The van der Waals surface area contributed by atoms with E-state index in [9.17, 15) is 22.8 Å². The fourth-order valence-corrected chi connectivity index (χ4v) is 3.93. The topological polar surface area (TPSA) is 97.0 Å². The summed E-state index contributed by atoms with van der Waals surface area (Å²) >= 11 is 0. The van der Waals surface area contributed by atoms with E-state index < -0.39 is 36.9 Å². The van der Waals surface area contributed by atoms with Crippen LogP contribution in [0.3, 0.4) is 0 Å².